The van der Waals surface area contributed by atoms with Gasteiger partial charge in [-0.2, -0.15) is 5.10 Å². The Bertz CT molecular complexity index is 857. The molecule has 0 aliphatic carbocycles. The molecule has 120 valence electrons. The number of Topliss-reactive ketones (excluding diaryl/α,β-unsaturated/α-hetero) is 1. The number of hydrogen-bond acceptors (Lipinski definition) is 3. The summed E-state index contributed by atoms with van der Waals surface area (Å²) in [5.74, 6) is 1.38. The third-order valence-corrected chi connectivity index (χ3v) is 4.29. The first kappa shape index (κ1) is 15.5. The van der Waals surface area contributed by atoms with Crippen molar-refractivity contribution in [2.75, 3.05) is 0 Å². The van der Waals surface area contributed by atoms with E-state index in [1.54, 1.807) is 0 Å². The Hall–Kier alpha value is -2.43. The largest absolute Gasteiger partial charge is 0.331 e. The van der Waals surface area contributed by atoms with Gasteiger partial charge in [0.05, 0.1) is 22.9 Å². The molecule has 2 heterocycles. The summed E-state index contributed by atoms with van der Waals surface area (Å²) in [4.78, 5) is 16.3. The van der Waals surface area contributed by atoms with Crippen LogP contribution in [0.2, 0.25) is 0 Å². The average molecular weight is 310 g/mol. The normalized spacial score (nSPS) is 11.5. The van der Waals surface area contributed by atoms with E-state index in [1.807, 2.05) is 57.0 Å². The summed E-state index contributed by atoms with van der Waals surface area (Å²) >= 11 is 0. The molecule has 23 heavy (non-hydrogen) atoms. The lowest BCUT2D eigenvalue weighted by Crippen LogP contribution is -2.07. The van der Waals surface area contributed by atoms with Crippen LogP contribution in [0.25, 0.3) is 16.7 Å². The van der Waals surface area contributed by atoms with Crippen LogP contribution >= 0.6 is 0 Å². The first-order valence-electron chi connectivity index (χ1n) is 7.95. The predicted octanol–water partition coefficient (Wildman–Crippen LogP) is 3.23. The molecule has 1 aromatic carbocycles. The van der Waals surface area contributed by atoms with Gasteiger partial charge in [-0.15, -0.1) is 0 Å². The standard InChI is InChI=1S/C18H22N4O/c1-12(2)18(23)8-5-14-10-19-22(11-14)15-6-7-16-17(9-15)21(4)13(3)20-16/h6-7,9-12H,5,8H2,1-4H3. The van der Waals surface area contributed by atoms with Crippen LogP contribution in [0, 0.1) is 12.8 Å². The molecule has 0 aliphatic heterocycles. The Kier molecular flexibility index (Phi) is 4.03. The number of hydrogen-bond donors (Lipinski definition) is 0. The molecule has 5 heteroatoms. The summed E-state index contributed by atoms with van der Waals surface area (Å²) in [5, 5.41) is 4.43. The van der Waals surface area contributed by atoms with Gasteiger partial charge in [0.15, 0.2) is 0 Å². The third-order valence-electron chi connectivity index (χ3n) is 4.29. The maximum absolute atomic E-state index is 11.7. The summed E-state index contributed by atoms with van der Waals surface area (Å²) in [6.07, 6.45) is 5.15. The summed E-state index contributed by atoms with van der Waals surface area (Å²) < 4.78 is 3.93. The number of nitrogens with zero attached hydrogens (tertiary/aromatic N) is 4. The minimum Gasteiger partial charge on any atom is -0.331 e. The molecule has 0 spiro atoms. The molecule has 0 N–H and O–H groups in total. The SMILES string of the molecule is Cc1nc2ccc(-n3cc(CCC(=O)C(C)C)cn3)cc2n1C. The van der Waals surface area contributed by atoms with Crippen molar-refractivity contribution in [3.63, 3.8) is 0 Å². The second kappa shape index (κ2) is 5.99. The Balaban J connectivity index is 1.82. The van der Waals surface area contributed by atoms with Gasteiger partial charge in [-0.1, -0.05) is 13.8 Å². The fraction of sp³-hybridized carbons (Fsp3) is 0.389. The van der Waals surface area contributed by atoms with E-state index in [2.05, 4.69) is 20.7 Å². The highest BCUT2D eigenvalue weighted by Crippen LogP contribution is 2.19. The van der Waals surface area contributed by atoms with E-state index in [-0.39, 0.29) is 5.92 Å². The van der Waals surface area contributed by atoms with Crippen LogP contribution in [0.15, 0.2) is 30.6 Å². The Labute approximate surface area is 135 Å². The lowest BCUT2D eigenvalue weighted by molar-refractivity contribution is -0.121. The monoisotopic (exact) mass is 310 g/mol. The molecule has 0 saturated heterocycles. The molecule has 0 unspecified atom stereocenters. The number of benzene rings is 1. The van der Waals surface area contributed by atoms with Crippen molar-refractivity contribution < 1.29 is 4.79 Å². The zero-order valence-electron chi connectivity index (χ0n) is 14.1. The molecule has 3 rings (SSSR count). The summed E-state index contributed by atoms with van der Waals surface area (Å²) in [7, 11) is 2.01. The zero-order chi connectivity index (χ0) is 16.6. The lowest BCUT2D eigenvalue weighted by atomic mass is 10.0. The van der Waals surface area contributed by atoms with Gasteiger partial charge in [0, 0.05) is 25.6 Å². The Morgan fingerprint density at radius 2 is 2.09 bits per heavy atom. The number of aryl methyl sites for hydroxylation is 3. The van der Waals surface area contributed by atoms with Gasteiger partial charge in [0.1, 0.15) is 11.6 Å². The molecule has 0 fully saturated rings. The molecule has 0 atom stereocenters. The lowest BCUT2D eigenvalue weighted by Gasteiger charge is -2.03. The number of imidazole rings is 1. The summed E-state index contributed by atoms with van der Waals surface area (Å²) in [6.45, 7) is 5.88. The predicted molar refractivity (Wildman–Crippen MR) is 90.7 cm³/mol. The van der Waals surface area contributed by atoms with Gasteiger partial charge in [0.2, 0.25) is 0 Å². The summed E-state index contributed by atoms with van der Waals surface area (Å²) in [5.41, 5.74) is 4.16. The van der Waals surface area contributed by atoms with Crippen molar-refractivity contribution in [1.82, 2.24) is 19.3 Å². The Morgan fingerprint density at radius 1 is 1.30 bits per heavy atom. The molecule has 0 amide bonds. The highest BCUT2D eigenvalue weighted by Gasteiger charge is 2.10. The quantitative estimate of drug-likeness (QED) is 0.727. The van der Waals surface area contributed by atoms with Crippen LogP contribution in [0.3, 0.4) is 0 Å². The highest BCUT2D eigenvalue weighted by atomic mass is 16.1. The minimum absolute atomic E-state index is 0.0977. The number of ketones is 1. The van der Waals surface area contributed by atoms with E-state index < -0.39 is 0 Å². The molecule has 0 aliphatic rings. The van der Waals surface area contributed by atoms with E-state index in [1.165, 1.54) is 0 Å². The van der Waals surface area contributed by atoms with E-state index in [9.17, 15) is 4.79 Å². The number of rotatable bonds is 5. The van der Waals surface area contributed by atoms with Gasteiger partial charge in [-0.05, 0) is 37.1 Å². The molecule has 0 saturated carbocycles. The van der Waals surface area contributed by atoms with E-state index >= 15 is 0 Å². The van der Waals surface area contributed by atoms with Gasteiger partial charge in [-0.3, -0.25) is 4.79 Å². The van der Waals surface area contributed by atoms with Gasteiger partial charge in [0.25, 0.3) is 0 Å². The van der Waals surface area contributed by atoms with Crippen molar-refractivity contribution in [3.8, 4) is 5.69 Å². The minimum atomic E-state index is 0.0977. The van der Waals surface area contributed by atoms with E-state index in [4.69, 9.17) is 0 Å². The van der Waals surface area contributed by atoms with Crippen molar-refractivity contribution in [2.45, 2.75) is 33.6 Å². The number of fused-ring (bicyclic) bond motifs is 1. The topological polar surface area (TPSA) is 52.7 Å². The van der Waals surface area contributed by atoms with Gasteiger partial charge < -0.3 is 4.57 Å². The van der Waals surface area contributed by atoms with Crippen LogP contribution in [-0.4, -0.2) is 25.1 Å². The Morgan fingerprint density at radius 3 is 2.83 bits per heavy atom. The van der Waals surface area contributed by atoms with Crippen molar-refractivity contribution >= 4 is 16.8 Å². The van der Waals surface area contributed by atoms with Crippen molar-refractivity contribution in [3.05, 3.63) is 42.0 Å². The first-order valence-corrected chi connectivity index (χ1v) is 7.95. The first-order chi connectivity index (χ1) is 11.0. The number of aromatic nitrogens is 4. The smallest absolute Gasteiger partial charge is 0.135 e. The second-order valence-electron chi connectivity index (χ2n) is 6.31. The maximum atomic E-state index is 11.7. The van der Waals surface area contributed by atoms with Crippen LogP contribution < -0.4 is 0 Å². The second-order valence-corrected chi connectivity index (χ2v) is 6.31. The van der Waals surface area contributed by atoms with Gasteiger partial charge in [-0.25, -0.2) is 9.67 Å². The molecular weight excluding hydrogens is 288 g/mol. The third kappa shape index (κ3) is 3.04. The van der Waals surface area contributed by atoms with E-state index in [0.29, 0.717) is 12.2 Å². The van der Waals surface area contributed by atoms with E-state index in [0.717, 1.165) is 34.5 Å². The highest BCUT2D eigenvalue weighted by molar-refractivity contribution is 5.80. The fourth-order valence-electron chi connectivity index (χ4n) is 2.63. The van der Waals surface area contributed by atoms with Crippen LogP contribution in [0.5, 0.6) is 0 Å². The van der Waals surface area contributed by atoms with Crippen LogP contribution in [-0.2, 0) is 18.3 Å². The molecule has 5 nitrogen and oxygen atoms in total. The summed E-state index contributed by atoms with van der Waals surface area (Å²) in [6, 6.07) is 6.12. The van der Waals surface area contributed by atoms with Crippen molar-refractivity contribution in [1.29, 1.82) is 0 Å². The average Bonchev–Trinajstić information content (AvgIpc) is 3.10. The van der Waals surface area contributed by atoms with Crippen molar-refractivity contribution in [2.24, 2.45) is 13.0 Å². The molecule has 0 bridgehead atoms. The molecular formula is C18H22N4O. The maximum Gasteiger partial charge on any atom is 0.135 e. The van der Waals surface area contributed by atoms with Crippen LogP contribution in [0.1, 0.15) is 31.7 Å². The van der Waals surface area contributed by atoms with Gasteiger partial charge >= 0.3 is 0 Å². The van der Waals surface area contributed by atoms with Crippen LogP contribution in [0.4, 0.5) is 0 Å². The number of carbonyl (C=O) groups excluding carboxylic acids is 1. The molecule has 2 aromatic heterocycles. The molecule has 0 radical (unpaired) electrons. The molecule has 3 aromatic rings. The zero-order valence-corrected chi connectivity index (χ0v) is 14.1. The number of carbonyl (C=O) groups is 1. The fourth-order valence-corrected chi connectivity index (χ4v) is 2.63.